The highest BCUT2D eigenvalue weighted by Crippen LogP contribution is 2.62. The number of anilines is 1. The number of hydrogen-bond donors (Lipinski definition) is 1. The Morgan fingerprint density at radius 1 is 1.00 bits per heavy atom. The third-order valence-corrected chi connectivity index (χ3v) is 11.0. The molecule has 0 bridgehead atoms. The zero-order valence-corrected chi connectivity index (χ0v) is 24.9. The second-order valence-corrected chi connectivity index (χ2v) is 13.5. The Bertz CT molecular complexity index is 1020. The van der Waals surface area contributed by atoms with Crippen LogP contribution in [0.4, 0.5) is 5.69 Å². The van der Waals surface area contributed by atoms with Crippen LogP contribution in [0, 0.1) is 29.1 Å². The Morgan fingerprint density at radius 3 is 2.46 bits per heavy atom. The summed E-state index contributed by atoms with van der Waals surface area (Å²) in [5.41, 5.74) is 1.30. The standard InChI is InChI=1S/C31H44Cl2N2O4/c1-30-13-11-24(39-29(37)20-38-23-6-4-22(5-7-23)35(17-15-32)18-16-33)19-21(30)3-8-25-26(30)12-14-31(2)27(25)9-10-28(36)34-31/h4-7,21,24-27H,3,8-20H2,1-2H3,(H,34,36)/t21-,24-,25+,26-,27+,30+,31+/m0/s1. The van der Waals surface area contributed by atoms with Crippen molar-refractivity contribution in [3.05, 3.63) is 24.3 Å². The van der Waals surface area contributed by atoms with Gasteiger partial charge >= 0.3 is 5.97 Å². The number of rotatable bonds is 9. The topological polar surface area (TPSA) is 67.9 Å². The molecule has 4 fully saturated rings. The zero-order valence-electron chi connectivity index (χ0n) is 23.4. The molecule has 4 aliphatic rings. The van der Waals surface area contributed by atoms with Gasteiger partial charge in [-0.05, 0) is 112 Å². The molecule has 1 aromatic rings. The van der Waals surface area contributed by atoms with Crippen molar-refractivity contribution in [3.63, 3.8) is 0 Å². The van der Waals surface area contributed by atoms with Crippen LogP contribution in [-0.4, -0.2) is 55.0 Å². The van der Waals surface area contributed by atoms with Gasteiger partial charge in [0.15, 0.2) is 6.61 Å². The number of carbonyl (C=O) groups excluding carboxylic acids is 2. The quantitative estimate of drug-likeness (QED) is 0.280. The second kappa shape index (κ2) is 12.1. The molecule has 7 atom stereocenters. The van der Waals surface area contributed by atoms with Crippen molar-refractivity contribution in [1.82, 2.24) is 5.32 Å². The van der Waals surface area contributed by atoms with Crippen LogP contribution in [0.25, 0.3) is 0 Å². The molecule has 1 aromatic carbocycles. The number of nitrogens with zero attached hydrogens (tertiary/aromatic N) is 1. The van der Waals surface area contributed by atoms with Gasteiger partial charge in [-0.2, -0.15) is 0 Å². The first-order chi connectivity index (χ1) is 18.8. The minimum absolute atomic E-state index is 0.0272. The SMILES string of the molecule is C[C@@]12CC[C@H](OC(=O)COc3ccc(N(CCCl)CCCl)cc3)C[C@@H]1CC[C@H]1[C@H]3CCC(=O)N[C@]3(C)CC[C@@H]12. The minimum Gasteiger partial charge on any atom is -0.482 e. The first-order valence-electron chi connectivity index (χ1n) is 14.9. The molecule has 0 radical (unpaired) electrons. The van der Waals surface area contributed by atoms with Crippen LogP contribution < -0.4 is 15.0 Å². The summed E-state index contributed by atoms with van der Waals surface area (Å²) >= 11 is 11.8. The molecule has 0 unspecified atom stereocenters. The predicted molar refractivity (Wildman–Crippen MR) is 156 cm³/mol. The molecule has 6 nitrogen and oxygen atoms in total. The fourth-order valence-electron chi connectivity index (χ4n) is 8.69. The largest absolute Gasteiger partial charge is 0.482 e. The van der Waals surface area contributed by atoms with Gasteiger partial charge in [0, 0.05) is 42.5 Å². The highest BCUT2D eigenvalue weighted by Gasteiger charge is 2.58. The summed E-state index contributed by atoms with van der Waals surface area (Å²) in [4.78, 5) is 27.0. The van der Waals surface area contributed by atoms with E-state index in [2.05, 4.69) is 24.1 Å². The molecule has 8 heteroatoms. The van der Waals surface area contributed by atoms with Gasteiger partial charge in [-0.1, -0.05) is 6.92 Å². The van der Waals surface area contributed by atoms with E-state index in [9.17, 15) is 9.59 Å². The number of alkyl halides is 2. The number of ether oxygens (including phenoxy) is 2. The highest BCUT2D eigenvalue weighted by atomic mass is 35.5. The smallest absolute Gasteiger partial charge is 0.344 e. The normalized spacial score (nSPS) is 35.6. The van der Waals surface area contributed by atoms with Crippen LogP contribution >= 0.6 is 23.2 Å². The Labute approximate surface area is 243 Å². The molecule has 216 valence electrons. The van der Waals surface area contributed by atoms with Crippen LogP contribution in [0.15, 0.2) is 24.3 Å². The lowest BCUT2D eigenvalue weighted by molar-refractivity contribution is -0.164. The van der Waals surface area contributed by atoms with Crippen molar-refractivity contribution in [2.24, 2.45) is 29.1 Å². The minimum atomic E-state index is -0.293. The third-order valence-electron chi connectivity index (χ3n) is 10.7. The second-order valence-electron chi connectivity index (χ2n) is 12.7. The lowest BCUT2D eigenvalue weighted by atomic mass is 9.45. The number of hydrogen-bond acceptors (Lipinski definition) is 5. The van der Waals surface area contributed by atoms with Crippen LogP contribution in [0.3, 0.4) is 0 Å². The van der Waals surface area contributed by atoms with Crippen LogP contribution in [0.1, 0.15) is 71.6 Å². The summed E-state index contributed by atoms with van der Waals surface area (Å²) in [6, 6.07) is 7.67. The molecule has 1 N–H and O–H groups in total. The van der Waals surface area contributed by atoms with E-state index in [1.807, 2.05) is 24.3 Å². The van der Waals surface area contributed by atoms with E-state index in [1.54, 1.807) is 0 Å². The van der Waals surface area contributed by atoms with Crippen molar-refractivity contribution in [2.45, 2.75) is 83.3 Å². The molecule has 5 rings (SSSR count). The summed E-state index contributed by atoms with van der Waals surface area (Å²) in [6.07, 6.45) is 9.37. The number of benzene rings is 1. The van der Waals surface area contributed by atoms with E-state index in [-0.39, 0.29) is 30.1 Å². The molecule has 0 spiro atoms. The number of halogens is 2. The Morgan fingerprint density at radius 2 is 1.74 bits per heavy atom. The van der Waals surface area contributed by atoms with Crippen LogP contribution in [0.5, 0.6) is 5.75 Å². The molecule has 1 aliphatic heterocycles. The lowest BCUT2D eigenvalue weighted by Crippen LogP contribution is -2.63. The highest BCUT2D eigenvalue weighted by molar-refractivity contribution is 6.18. The van der Waals surface area contributed by atoms with Crippen molar-refractivity contribution >= 4 is 40.8 Å². The number of nitrogens with one attached hydrogen (secondary N) is 1. The number of piperidine rings is 1. The van der Waals surface area contributed by atoms with E-state index in [4.69, 9.17) is 32.7 Å². The molecule has 3 saturated carbocycles. The predicted octanol–water partition coefficient (Wildman–Crippen LogP) is 6.17. The summed E-state index contributed by atoms with van der Waals surface area (Å²) in [6.45, 7) is 6.15. The molecule has 39 heavy (non-hydrogen) atoms. The molecule has 1 saturated heterocycles. The van der Waals surface area contributed by atoms with E-state index in [0.717, 1.165) is 50.9 Å². The van der Waals surface area contributed by atoms with Gasteiger partial charge in [0.05, 0.1) is 0 Å². The molecule has 0 aromatic heterocycles. The fraction of sp³-hybridized carbons (Fsp3) is 0.742. The van der Waals surface area contributed by atoms with Gasteiger partial charge in [0.1, 0.15) is 11.9 Å². The number of fused-ring (bicyclic) bond motifs is 5. The Kier molecular flexibility index (Phi) is 8.92. The monoisotopic (exact) mass is 578 g/mol. The van der Waals surface area contributed by atoms with Gasteiger partial charge in [0.25, 0.3) is 0 Å². The van der Waals surface area contributed by atoms with E-state index in [1.165, 1.54) is 19.3 Å². The van der Waals surface area contributed by atoms with Crippen LogP contribution in [-0.2, 0) is 14.3 Å². The van der Waals surface area contributed by atoms with Gasteiger partial charge in [-0.15, -0.1) is 23.2 Å². The van der Waals surface area contributed by atoms with Gasteiger partial charge < -0.3 is 19.7 Å². The summed E-state index contributed by atoms with van der Waals surface area (Å²) in [7, 11) is 0. The van der Waals surface area contributed by atoms with Crippen molar-refractivity contribution in [3.8, 4) is 5.75 Å². The fourth-order valence-corrected chi connectivity index (χ4v) is 9.10. The molecular formula is C31H44Cl2N2O4. The number of esters is 1. The van der Waals surface area contributed by atoms with Crippen molar-refractivity contribution in [2.75, 3.05) is 36.4 Å². The molecular weight excluding hydrogens is 535 g/mol. The number of amides is 1. The average molecular weight is 580 g/mol. The Hall–Kier alpha value is -1.66. The van der Waals surface area contributed by atoms with Gasteiger partial charge in [-0.3, -0.25) is 4.79 Å². The Balaban J connectivity index is 1.12. The van der Waals surface area contributed by atoms with Gasteiger partial charge in [-0.25, -0.2) is 4.79 Å². The summed E-state index contributed by atoms with van der Waals surface area (Å²) < 4.78 is 11.7. The van der Waals surface area contributed by atoms with E-state index >= 15 is 0 Å². The zero-order chi connectivity index (χ0) is 27.6. The van der Waals surface area contributed by atoms with Crippen molar-refractivity contribution < 1.29 is 19.1 Å². The van der Waals surface area contributed by atoms with E-state index in [0.29, 0.717) is 53.0 Å². The molecule has 1 heterocycles. The van der Waals surface area contributed by atoms with E-state index < -0.39 is 0 Å². The van der Waals surface area contributed by atoms with Crippen molar-refractivity contribution in [1.29, 1.82) is 0 Å². The average Bonchev–Trinajstić information content (AvgIpc) is 2.91. The molecule has 3 aliphatic carbocycles. The number of carbonyl (C=O) groups is 2. The molecule has 1 amide bonds. The first-order valence-corrected chi connectivity index (χ1v) is 15.9. The first kappa shape index (κ1) is 28.9. The third kappa shape index (κ3) is 6.02. The summed E-state index contributed by atoms with van der Waals surface area (Å²) in [5.74, 6) is 4.22. The van der Waals surface area contributed by atoms with Gasteiger partial charge in [0.2, 0.25) is 5.91 Å². The maximum atomic E-state index is 12.7. The maximum Gasteiger partial charge on any atom is 0.344 e. The maximum absolute atomic E-state index is 12.7. The van der Waals surface area contributed by atoms with Crippen LogP contribution in [0.2, 0.25) is 0 Å². The lowest BCUT2D eigenvalue weighted by Gasteiger charge is -2.62. The summed E-state index contributed by atoms with van der Waals surface area (Å²) in [5, 5.41) is 3.36.